The monoisotopic (exact) mass is 428 g/mol. The van der Waals surface area contributed by atoms with Gasteiger partial charge in [0, 0.05) is 32.7 Å². The first-order chi connectivity index (χ1) is 15.7. The number of amides is 1. The third-order valence-electron chi connectivity index (χ3n) is 6.10. The molecule has 1 aliphatic heterocycles. The van der Waals surface area contributed by atoms with Crippen LogP contribution in [-0.2, 0) is 11.3 Å². The molecule has 1 fully saturated rings. The average molecular weight is 429 g/mol. The topological polar surface area (TPSA) is 48.5 Å². The van der Waals surface area contributed by atoms with Gasteiger partial charge in [-0.2, -0.15) is 0 Å². The van der Waals surface area contributed by atoms with Gasteiger partial charge in [-0.3, -0.25) is 9.69 Å². The molecule has 1 atom stereocenters. The Kier molecular flexibility index (Phi) is 7.51. The third-order valence-corrected chi connectivity index (χ3v) is 6.10. The largest absolute Gasteiger partial charge is 0.355 e. The molecule has 0 radical (unpaired) electrons. The summed E-state index contributed by atoms with van der Waals surface area (Å²) >= 11 is 0. The number of carbonyl (C=O) groups is 1. The van der Waals surface area contributed by atoms with Gasteiger partial charge in [-0.25, -0.2) is 4.98 Å². The molecule has 1 amide bonds. The molecule has 0 bridgehead atoms. The van der Waals surface area contributed by atoms with E-state index in [1.165, 1.54) is 5.56 Å². The molecule has 2 heterocycles. The quantitative estimate of drug-likeness (QED) is 0.580. The Balaban J connectivity index is 1.33. The van der Waals surface area contributed by atoms with Crippen LogP contribution in [0.2, 0.25) is 0 Å². The molecule has 4 rings (SSSR count). The number of anilines is 2. The molecular formula is C27H32N4O. The van der Waals surface area contributed by atoms with Crippen molar-refractivity contribution in [2.45, 2.75) is 32.2 Å². The maximum atomic E-state index is 12.8. The normalized spacial score (nSPS) is 15.7. The number of benzene rings is 2. The highest BCUT2D eigenvalue weighted by Crippen LogP contribution is 2.22. The van der Waals surface area contributed by atoms with Gasteiger partial charge in [0.25, 0.3) is 0 Å². The lowest BCUT2D eigenvalue weighted by atomic mass is 9.95. The Labute approximate surface area is 191 Å². The summed E-state index contributed by atoms with van der Waals surface area (Å²) in [5.41, 5.74) is 3.15. The van der Waals surface area contributed by atoms with Gasteiger partial charge in [-0.05, 0) is 36.1 Å². The number of nitrogens with zero attached hydrogens (tertiary/aromatic N) is 3. The van der Waals surface area contributed by atoms with Gasteiger partial charge in [0.05, 0.1) is 17.8 Å². The molecule has 166 valence electrons. The lowest BCUT2D eigenvalue weighted by Crippen LogP contribution is -2.31. The standard InChI is InChI=1S/C27H32N4O/c1-2-25(23-12-7-4-8-13-23)27(32)29-24-14-15-26(28-20-24)31-17-9-16-30(18-19-31)21-22-10-5-3-6-11-22/h3-8,10-15,20,25H,2,9,16-19,21H2,1H3,(H,29,32). The van der Waals surface area contributed by atoms with Crippen molar-refractivity contribution in [2.75, 3.05) is 36.4 Å². The lowest BCUT2D eigenvalue weighted by molar-refractivity contribution is -0.117. The highest BCUT2D eigenvalue weighted by Gasteiger charge is 2.19. The second kappa shape index (κ2) is 10.9. The highest BCUT2D eigenvalue weighted by molar-refractivity contribution is 5.95. The van der Waals surface area contributed by atoms with Gasteiger partial charge in [0.15, 0.2) is 0 Å². The molecule has 32 heavy (non-hydrogen) atoms. The molecule has 0 saturated carbocycles. The summed E-state index contributed by atoms with van der Waals surface area (Å²) in [5.74, 6) is 0.830. The molecule has 5 nitrogen and oxygen atoms in total. The molecule has 1 aliphatic rings. The highest BCUT2D eigenvalue weighted by atomic mass is 16.1. The number of rotatable bonds is 7. The van der Waals surface area contributed by atoms with Gasteiger partial charge >= 0.3 is 0 Å². The minimum atomic E-state index is -0.155. The van der Waals surface area contributed by atoms with Crippen LogP contribution in [0.4, 0.5) is 11.5 Å². The first kappa shape index (κ1) is 22.0. The van der Waals surface area contributed by atoms with Crippen LogP contribution in [0.5, 0.6) is 0 Å². The van der Waals surface area contributed by atoms with E-state index >= 15 is 0 Å². The van der Waals surface area contributed by atoms with E-state index in [0.717, 1.165) is 62.6 Å². The predicted molar refractivity (Wildman–Crippen MR) is 131 cm³/mol. The molecule has 1 saturated heterocycles. The zero-order chi connectivity index (χ0) is 22.2. The molecule has 3 aromatic rings. The van der Waals surface area contributed by atoms with Crippen molar-refractivity contribution in [1.82, 2.24) is 9.88 Å². The van der Waals surface area contributed by atoms with Gasteiger partial charge in [0.1, 0.15) is 5.82 Å². The minimum Gasteiger partial charge on any atom is -0.355 e. The Hall–Kier alpha value is -3.18. The number of pyridine rings is 1. The van der Waals surface area contributed by atoms with E-state index in [1.807, 2.05) is 49.4 Å². The maximum absolute atomic E-state index is 12.8. The van der Waals surface area contributed by atoms with Crippen molar-refractivity contribution in [3.05, 3.63) is 90.1 Å². The van der Waals surface area contributed by atoms with Crippen LogP contribution in [0.3, 0.4) is 0 Å². The molecule has 0 spiro atoms. The van der Waals surface area contributed by atoms with Crippen molar-refractivity contribution < 1.29 is 4.79 Å². The fourth-order valence-corrected chi connectivity index (χ4v) is 4.33. The van der Waals surface area contributed by atoms with E-state index in [9.17, 15) is 4.79 Å². The van der Waals surface area contributed by atoms with Gasteiger partial charge in [0.2, 0.25) is 5.91 Å². The zero-order valence-electron chi connectivity index (χ0n) is 18.8. The summed E-state index contributed by atoms with van der Waals surface area (Å²) in [7, 11) is 0. The molecule has 0 aliphatic carbocycles. The van der Waals surface area contributed by atoms with Crippen LogP contribution in [0.25, 0.3) is 0 Å². The van der Waals surface area contributed by atoms with Crippen molar-refractivity contribution in [1.29, 1.82) is 0 Å². The maximum Gasteiger partial charge on any atom is 0.231 e. The summed E-state index contributed by atoms with van der Waals surface area (Å²) in [6.45, 7) is 7.10. The number of nitrogens with one attached hydrogen (secondary N) is 1. The average Bonchev–Trinajstić information content (AvgIpc) is 3.07. The summed E-state index contributed by atoms with van der Waals surface area (Å²) in [5, 5.41) is 3.04. The van der Waals surface area contributed by atoms with Crippen LogP contribution in [0.15, 0.2) is 79.0 Å². The number of hydrogen-bond acceptors (Lipinski definition) is 4. The second-order valence-electron chi connectivity index (χ2n) is 8.37. The molecular weight excluding hydrogens is 396 g/mol. The fourth-order valence-electron chi connectivity index (χ4n) is 4.33. The second-order valence-corrected chi connectivity index (χ2v) is 8.37. The molecule has 2 aromatic carbocycles. The van der Waals surface area contributed by atoms with Gasteiger partial charge in [-0.1, -0.05) is 67.6 Å². The predicted octanol–water partition coefficient (Wildman–Crippen LogP) is 4.93. The summed E-state index contributed by atoms with van der Waals surface area (Å²) in [4.78, 5) is 22.3. The van der Waals surface area contributed by atoms with E-state index in [0.29, 0.717) is 0 Å². The van der Waals surface area contributed by atoms with E-state index < -0.39 is 0 Å². The molecule has 1 N–H and O–H groups in total. The van der Waals surface area contributed by atoms with Crippen molar-refractivity contribution in [3.63, 3.8) is 0 Å². The SMILES string of the molecule is CCC(C(=O)Nc1ccc(N2CCCN(Cc3ccccc3)CC2)nc1)c1ccccc1. The van der Waals surface area contributed by atoms with Gasteiger partial charge in [-0.15, -0.1) is 0 Å². The fraction of sp³-hybridized carbons (Fsp3) is 0.333. The number of aromatic nitrogens is 1. The smallest absolute Gasteiger partial charge is 0.231 e. The van der Waals surface area contributed by atoms with Crippen molar-refractivity contribution >= 4 is 17.4 Å². The molecule has 1 aromatic heterocycles. The zero-order valence-corrected chi connectivity index (χ0v) is 18.8. The number of carbonyl (C=O) groups excluding carboxylic acids is 1. The summed E-state index contributed by atoms with van der Waals surface area (Å²) in [6.07, 6.45) is 3.65. The Morgan fingerprint density at radius 2 is 1.69 bits per heavy atom. The van der Waals surface area contributed by atoms with Crippen molar-refractivity contribution in [2.24, 2.45) is 0 Å². The van der Waals surface area contributed by atoms with Crippen LogP contribution >= 0.6 is 0 Å². The Morgan fingerprint density at radius 1 is 0.938 bits per heavy atom. The van der Waals surface area contributed by atoms with Gasteiger partial charge < -0.3 is 10.2 Å². The first-order valence-corrected chi connectivity index (χ1v) is 11.6. The summed E-state index contributed by atoms with van der Waals surface area (Å²) in [6, 6.07) is 24.6. The molecule has 1 unspecified atom stereocenters. The van der Waals surface area contributed by atoms with E-state index in [2.05, 4.69) is 50.4 Å². The Bertz CT molecular complexity index is 976. The summed E-state index contributed by atoms with van der Waals surface area (Å²) < 4.78 is 0. The first-order valence-electron chi connectivity index (χ1n) is 11.6. The lowest BCUT2D eigenvalue weighted by Gasteiger charge is -2.23. The van der Waals surface area contributed by atoms with Crippen LogP contribution < -0.4 is 10.2 Å². The third kappa shape index (κ3) is 5.74. The van der Waals surface area contributed by atoms with Crippen LogP contribution in [0, 0.1) is 0 Å². The van der Waals surface area contributed by atoms with Crippen LogP contribution in [-0.4, -0.2) is 42.0 Å². The minimum absolute atomic E-state index is 0.0135. The number of hydrogen-bond donors (Lipinski definition) is 1. The van der Waals surface area contributed by atoms with Crippen molar-refractivity contribution in [3.8, 4) is 0 Å². The van der Waals surface area contributed by atoms with E-state index in [1.54, 1.807) is 6.20 Å². The molecule has 5 heteroatoms. The van der Waals surface area contributed by atoms with Crippen LogP contribution in [0.1, 0.15) is 36.8 Å². The van der Waals surface area contributed by atoms with E-state index in [4.69, 9.17) is 0 Å². The van der Waals surface area contributed by atoms with E-state index in [-0.39, 0.29) is 11.8 Å². The Morgan fingerprint density at radius 3 is 2.38 bits per heavy atom.